The van der Waals surface area contributed by atoms with Crippen molar-refractivity contribution >= 4 is 20.8 Å². The molecule has 26 heavy (non-hydrogen) atoms. The van der Waals surface area contributed by atoms with Crippen molar-refractivity contribution in [2.45, 2.75) is 43.7 Å². The minimum atomic E-state index is -3.67. The molecule has 0 amide bonds. The summed E-state index contributed by atoms with van der Waals surface area (Å²) in [6.45, 7) is 5.88. The van der Waals surface area contributed by atoms with Gasteiger partial charge in [0.05, 0.1) is 11.0 Å². The molecule has 5 nitrogen and oxygen atoms in total. The van der Waals surface area contributed by atoms with E-state index >= 15 is 0 Å². The Bertz CT molecular complexity index is 846. The molecule has 1 fully saturated rings. The molecule has 0 radical (unpaired) electrons. The zero-order valence-electron chi connectivity index (χ0n) is 15.4. The minimum Gasteiger partial charge on any atom is -0.390 e. The molecule has 2 aromatic carbocycles. The first-order valence-electron chi connectivity index (χ1n) is 9.28. The molecule has 1 aliphatic rings. The van der Waals surface area contributed by atoms with Crippen LogP contribution in [0.3, 0.4) is 0 Å². The average molecular weight is 377 g/mol. The van der Waals surface area contributed by atoms with E-state index in [0.717, 1.165) is 24.8 Å². The number of aliphatic hydroxyl groups is 1. The molecule has 2 N–H and O–H groups in total. The second-order valence-electron chi connectivity index (χ2n) is 7.43. The van der Waals surface area contributed by atoms with Crippen molar-refractivity contribution in [2.24, 2.45) is 5.92 Å². The highest BCUT2D eigenvalue weighted by Crippen LogP contribution is 2.24. The summed E-state index contributed by atoms with van der Waals surface area (Å²) in [5.41, 5.74) is 0. The summed E-state index contributed by atoms with van der Waals surface area (Å²) in [5.74, 6) is 0.539. The van der Waals surface area contributed by atoms with Crippen LogP contribution in [0, 0.1) is 5.92 Å². The van der Waals surface area contributed by atoms with E-state index in [0.29, 0.717) is 23.9 Å². The third-order valence-electron chi connectivity index (χ3n) is 5.18. The summed E-state index contributed by atoms with van der Waals surface area (Å²) in [4.78, 5) is 2.53. The number of hydrogen-bond acceptors (Lipinski definition) is 4. The third-order valence-corrected chi connectivity index (χ3v) is 6.66. The van der Waals surface area contributed by atoms with Crippen molar-refractivity contribution in [3.8, 4) is 0 Å². The molecule has 3 rings (SSSR count). The van der Waals surface area contributed by atoms with Gasteiger partial charge in [-0.1, -0.05) is 50.2 Å². The van der Waals surface area contributed by atoms with Gasteiger partial charge >= 0.3 is 0 Å². The second kappa shape index (κ2) is 8.05. The van der Waals surface area contributed by atoms with Crippen LogP contribution in [-0.2, 0) is 10.0 Å². The van der Waals surface area contributed by atoms with E-state index in [-0.39, 0.29) is 11.4 Å². The fraction of sp³-hybridized carbons (Fsp3) is 0.500. The molecule has 0 saturated carbocycles. The van der Waals surface area contributed by atoms with Gasteiger partial charge in [-0.15, -0.1) is 0 Å². The van der Waals surface area contributed by atoms with Gasteiger partial charge in [-0.05, 0) is 36.8 Å². The number of likely N-dealkylation sites (tertiary alicyclic amines) is 1. The molecular formula is C20H28N2O3S. The first-order chi connectivity index (χ1) is 12.4. The predicted molar refractivity (Wildman–Crippen MR) is 105 cm³/mol. The van der Waals surface area contributed by atoms with Gasteiger partial charge in [0, 0.05) is 24.5 Å². The second-order valence-corrected chi connectivity index (χ2v) is 9.17. The minimum absolute atomic E-state index is 0.0207. The Morgan fingerprint density at radius 2 is 1.92 bits per heavy atom. The maximum atomic E-state index is 12.7. The number of aliphatic hydroxyl groups excluding tert-OH is 1. The molecule has 142 valence electrons. The van der Waals surface area contributed by atoms with Crippen molar-refractivity contribution in [1.29, 1.82) is 0 Å². The van der Waals surface area contributed by atoms with Crippen LogP contribution in [0.15, 0.2) is 47.4 Å². The zero-order valence-corrected chi connectivity index (χ0v) is 16.2. The van der Waals surface area contributed by atoms with Gasteiger partial charge in [0.25, 0.3) is 0 Å². The van der Waals surface area contributed by atoms with Crippen LogP contribution < -0.4 is 4.72 Å². The van der Waals surface area contributed by atoms with Gasteiger partial charge in [-0.3, -0.25) is 4.90 Å². The summed E-state index contributed by atoms with van der Waals surface area (Å²) in [7, 11) is -3.67. The Morgan fingerprint density at radius 3 is 2.69 bits per heavy atom. The number of nitrogens with zero attached hydrogens (tertiary/aromatic N) is 1. The molecule has 1 aliphatic heterocycles. The van der Waals surface area contributed by atoms with Crippen LogP contribution in [0.5, 0.6) is 0 Å². The maximum absolute atomic E-state index is 12.7. The number of β-amino-alcohol motifs (C(OH)–C–C–N with tert-alkyl or cyclic N) is 1. The smallest absolute Gasteiger partial charge is 0.241 e. The summed E-state index contributed by atoms with van der Waals surface area (Å²) >= 11 is 0. The van der Waals surface area contributed by atoms with Gasteiger partial charge in [0.1, 0.15) is 0 Å². The Kier molecular flexibility index (Phi) is 5.97. The monoisotopic (exact) mass is 376 g/mol. The van der Waals surface area contributed by atoms with E-state index in [4.69, 9.17) is 0 Å². The van der Waals surface area contributed by atoms with Crippen LogP contribution in [-0.4, -0.2) is 50.2 Å². The lowest BCUT2D eigenvalue weighted by atomic mass is 10.0. The van der Waals surface area contributed by atoms with E-state index in [1.807, 2.05) is 24.3 Å². The van der Waals surface area contributed by atoms with Crippen LogP contribution in [0.4, 0.5) is 0 Å². The highest BCUT2D eigenvalue weighted by atomic mass is 32.2. The van der Waals surface area contributed by atoms with E-state index in [1.54, 1.807) is 18.2 Å². The molecule has 2 atom stereocenters. The first kappa shape index (κ1) is 19.3. The number of sulfonamides is 1. The molecule has 0 aromatic heterocycles. The van der Waals surface area contributed by atoms with Gasteiger partial charge < -0.3 is 5.11 Å². The van der Waals surface area contributed by atoms with Crippen LogP contribution in [0.25, 0.3) is 10.8 Å². The summed E-state index contributed by atoms with van der Waals surface area (Å²) in [6.07, 6.45) is 1.56. The Balaban J connectivity index is 1.66. The topological polar surface area (TPSA) is 69.6 Å². The quantitative estimate of drug-likeness (QED) is 0.779. The molecule has 0 aliphatic carbocycles. The normalized spacial score (nSPS) is 20.1. The summed E-state index contributed by atoms with van der Waals surface area (Å²) < 4.78 is 28.0. The Morgan fingerprint density at radius 1 is 1.19 bits per heavy atom. The molecule has 1 unspecified atom stereocenters. The maximum Gasteiger partial charge on any atom is 0.241 e. The SMILES string of the molecule is CC(C)C1CCCN1C[C@@H](O)CNS(=O)(=O)c1cccc2ccccc12. The average Bonchev–Trinajstić information content (AvgIpc) is 3.08. The number of benzene rings is 2. The molecule has 0 spiro atoms. The fourth-order valence-electron chi connectivity index (χ4n) is 3.88. The standard InChI is InChI=1S/C20H28N2O3S/c1-15(2)19-10-6-12-22(19)14-17(23)13-21-26(24,25)20-11-5-8-16-7-3-4-9-18(16)20/h3-5,7-9,11,15,17,19,21,23H,6,10,12-14H2,1-2H3/t17-,19?/m0/s1. The van der Waals surface area contributed by atoms with E-state index in [1.165, 1.54) is 0 Å². The number of hydrogen-bond donors (Lipinski definition) is 2. The first-order valence-corrected chi connectivity index (χ1v) is 10.8. The number of nitrogens with one attached hydrogen (secondary N) is 1. The Labute approximate surface area is 156 Å². The lowest BCUT2D eigenvalue weighted by Gasteiger charge is -2.29. The van der Waals surface area contributed by atoms with Crippen molar-refractivity contribution in [2.75, 3.05) is 19.6 Å². The van der Waals surface area contributed by atoms with Gasteiger partial charge in [0.15, 0.2) is 0 Å². The van der Waals surface area contributed by atoms with Crippen molar-refractivity contribution in [1.82, 2.24) is 9.62 Å². The molecular weight excluding hydrogens is 348 g/mol. The lowest BCUT2D eigenvalue weighted by molar-refractivity contribution is 0.0966. The molecule has 2 aromatic rings. The van der Waals surface area contributed by atoms with Gasteiger partial charge in [-0.2, -0.15) is 0 Å². The molecule has 1 heterocycles. The molecule has 0 bridgehead atoms. The van der Waals surface area contributed by atoms with Crippen LogP contribution >= 0.6 is 0 Å². The lowest BCUT2D eigenvalue weighted by Crippen LogP contribution is -2.43. The molecule has 1 saturated heterocycles. The summed E-state index contributed by atoms with van der Waals surface area (Å²) in [6, 6.07) is 13.1. The number of rotatable bonds is 7. The van der Waals surface area contributed by atoms with Crippen LogP contribution in [0.1, 0.15) is 26.7 Å². The highest BCUT2D eigenvalue weighted by Gasteiger charge is 2.28. The zero-order chi connectivity index (χ0) is 18.7. The van der Waals surface area contributed by atoms with Crippen molar-refractivity contribution in [3.63, 3.8) is 0 Å². The summed E-state index contributed by atoms with van der Waals surface area (Å²) in [5, 5.41) is 11.9. The third kappa shape index (κ3) is 4.26. The van der Waals surface area contributed by atoms with Crippen molar-refractivity contribution in [3.05, 3.63) is 42.5 Å². The molecule has 6 heteroatoms. The predicted octanol–water partition coefficient (Wildman–Crippen LogP) is 2.60. The van der Waals surface area contributed by atoms with E-state index in [2.05, 4.69) is 23.5 Å². The van der Waals surface area contributed by atoms with Crippen molar-refractivity contribution < 1.29 is 13.5 Å². The van der Waals surface area contributed by atoms with Gasteiger partial charge in [-0.25, -0.2) is 13.1 Å². The van der Waals surface area contributed by atoms with E-state index < -0.39 is 16.1 Å². The largest absolute Gasteiger partial charge is 0.390 e. The highest BCUT2D eigenvalue weighted by molar-refractivity contribution is 7.89. The number of fused-ring (bicyclic) bond motifs is 1. The van der Waals surface area contributed by atoms with Gasteiger partial charge in [0.2, 0.25) is 10.0 Å². The Hall–Kier alpha value is -1.47. The van der Waals surface area contributed by atoms with Crippen LogP contribution in [0.2, 0.25) is 0 Å². The fourth-order valence-corrected chi connectivity index (χ4v) is 5.18. The van der Waals surface area contributed by atoms with E-state index in [9.17, 15) is 13.5 Å².